The highest BCUT2D eigenvalue weighted by Gasteiger charge is 2.45. The first kappa shape index (κ1) is 29.9. The summed E-state index contributed by atoms with van der Waals surface area (Å²) >= 11 is 0. The molecule has 0 spiro atoms. The number of aliphatic hydroxyl groups excluding tert-OH is 3. The van der Waals surface area contributed by atoms with E-state index in [1.165, 1.54) is 38.6 Å². The summed E-state index contributed by atoms with van der Waals surface area (Å²) in [6, 6.07) is 15.0. The van der Waals surface area contributed by atoms with Gasteiger partial charge in [-0.3, -0.25) is 4.90 Å². The second-order valence-electron chi connectivity index (χ2n) is 11.5. The Morgan fingerprint density at radius 2 is 1.41 bits per heavy atom. The average Bonchev–Trinajstić information content (AvgIpc) is 3.01. The lowest BCUT2D eigenvalue weighted by atomic mass is 9.98. The van der Waals surface area contributed by atoms with Crippen LogP contribution in [0.1, 0.15) is 51.9 Å². The van der Waals surface area contributed by atoms with E-state index < -0.39 is 30.7 Å². The van der Waals surface area contributed by atoms with Crippen molar-refractivity contribution in [2.45, 2.75) is 88.7 Å². The number of hydrogen-bond acceptors (Lipinski definition) is 9. The van der Waals surface area contributed by atoms with Crippen molar-refractivity contribution in [3.8, 4) is 17.2 Å². The first-order valence-electron chi connectivity index (χ1n) is 15.3. The Hall–Kier alpha value is -2.56. The molecule has 3 N–H and O–H groups in total. The minimum atomic E-state index is -1.43. The van der Waals surface area contributed by atoms with Gasteiger partial charge in [-0.25, -0.2) is 0 Å². The number of benzene rings is 2. The Balaban J connectivity index is 1.07. The second-order valence-corrected chi connectivity index (χ2v) is 11.5. The largest absolute Gasteiger partial charge is 0.491 e. The van der Waals surface area contributed by atoms with Crippen molar-refractivity contribution in [1.29, 1.82) is 0 Å². The molecule has 9 heteroatoms. The topological polar surface area (TPSA) is 104 Å². The van der Waals surface area contributed by atoms with E-state index in [0.29, 0.717) is 11.5 Å². The monoisotopic (exact) mass is 570 g/mol. The molecule has 226 valence electrons. The highest BCUT2D eigenvalue weighted by molar-refractivity contribution is 5.49. The number of rotatable bonds is 11. The van der Waals surface area contributed by atoms with Crippen molar-refractivity contribution in [2.75, 3.05) is 44.2 Å². The molecule has 0 radical (unpaired) electrons. The predicted molar refractivity (Wildman–Crippen MR) is 157 cm³/mol. The Bertz CT molecular complexity index is 1040. The molecule has 0 amide bonds. The van der Waals surface area contributed by atoms with Crippen molar-refractivity contribution < 1.29 is 34.3 Å². The van der Waals surface area contributed by atoms with E-state index in [0.717, 1.165) is 50.5 Å². The number of nitrogens with zero attached hydrogens (tertiary/aromatic N) is 2. The number of piperazine rings is 1. The Morgan fingerprint density at radius 3 is 2.07 bits per heavy atom. The second kappa shape index (κ2) is 14.6. The molecular formula is C32H46N2O7. The summed E-state index contributed by atoms with van der Waals surface area (Å²) < 4.78 is 23.3. The van der Waals surface area contributed by atoms with E-state index in [1.807, 2.05) is 36.4 Å². The van der Waals surface area contributed by atoms with Gasteiger partial charge in [-0.05, 0) is 87.2 Å². The van der Waals surface area contributed by atoms with Crippen molar-refractivity contribution in [2.24, 2.45) is 0 Å². The zero-order valence-electron chi connectivity index (χ0n) is 24.1. The van der Waals surface area contributed by atoms with Gasteiger partial charge >= 0.3 is 0 Å². The quantitative estimate of drug-likeness (QED) is 0.374. The zero-order valence-corrected chi connectivity index (χ0v) is 24.1. The van der Waals surface area contributed by atoms with Crippen LogP contribution in [0.25, 0.3) is 0 Å². The van der Waals surface area contributed by atoms with Gasteiger partial charge < -0.3 is 39.2 Å². The van der Waals surface area contributed by atoms with Gasteiger partial charge in [0.25, 0.3) is 0 Å². The molecular weight excluding hydrogens is 524 g/mol. The van der Waals surface area contributed by atoms with Gasteiger partial charge in [0.05, 0.1) is 6.10 Å². The average molecular weight is 571 g/mol. The van der Waals surface area contributed by atoms with Crippen LogP contribution in [0.2, 0.25) is 0 Å². The van der Waals surface area contributed by atoms with Crippen molar-refractivity contribution in [1.82, 2.24) is 4.90 Å². The number of unbranched alkanes of at least 4 members (excludes halogenated alkanes) is 1. The van der Waals surface area contributed by atoms with Gasteiger partial charge in [-0.15, -0.1) is 0 Å². The summed E-state index contributed by atoms with van der Waals surface area (Å²) in [6.07, 6.45) is 2.37. The first-order chi connectivity index (χ1) is 20.0. The minimum absolute atomic E-state index is 0.0232. The van der Waals surface area contributed by atoms with Crippen LogP contribution in [0.3, 0.4) is 0 Å². The van der Waals surface area contributed by atoms with Crippen LogP contribution in [0.4, 0.5) is 5.69 Å². The molecule has 2 aromatic carbocycles. The van der Waals surface area contributed by atoms with Crippen LogP contribution >= 0.6 is 0 Å². The third-order valence-corrected chi connectivity index (χ3v) is 8.43. The van der Waals surface area contributed by atoms with Crippen LogP contribution in [0.5, 0.6) is 17.2 Å². The molecule has 3 fully saturated rings. The third kappa shape index (κ3) is 8.05. The van der Waals surface area contributed by atoms with Gasteiger partial charge in [0.1, 0.15) is 42.2 Å². The smallest absolute Gasteiger partial charge is 0.195 e. The van der Waals surface area contributed by atoms with E-state index >= 15 is 0 Å². The predicted octanol–water partition coefficient (Wildman–Crippen LogP) is 3.59. The summed E-state index contributed by atoms with van der Waals surface area (Å²) in [4.78, 5) is 4.90. The molecule has 9 nitrogen and oxygen atoms in total. The van der Waals surface area contributed by atoms with Gasteiger partial charge in [-0.2, -0.15) is 0 Å². The van der Waals surface area contributed by atoms with E-state index in [9.17, 15) is 15.3 Å². The third-order valence-electron chi connectivity index (χ3n) is 8.43. The van der Waals surface area contributed by atoms with Gasteiger partial charge in [0.15, 0.2) is 12.4 Å². The molecule has 5 atom stereocenters. The maximum Gasteiger partial charge on any atom is 0.195 e. The molecule has 1 aliphatic carbocycles. The molecule has 0 aromatic heterocycles. The molecule has 3 aliphatic rings. The van der Waals surface area contributed by atoms with Crippen LogP contribution < -0.4 is 19.1 Å². The lowest BCUT2D eigenvalue weighted by Gasteiger charge is -2.40. The summed E-state index contributed by atoms with van der Waals surface area (Å²) in [5, 5.41) is 32.1. The number of aliphatic hydroxyl groups is 3. The van der Waals surface area contributed by atoms with E-state index in [2.05, 4.69) is 16.7 Å². The highest BCUT2D eigenvalue weighted by atomic mass is 16.7. The van der Waals surface area contributed by atoms with E-state index in [4.69, 9.17) is 18.9 Å². The fourth-order valence-corrected chi connectivity index (χ4v) is 5.86. The van der Waals surface area contributed by atoms with E-state index in [1.54, 1.807) is 12.1 Å². The van der Waals surface area contributed by atoms with Crippen molar-refractivity contribution >= 4 is 5.69 Å². The molecule has 5 rings (SSSR count). The molecule has 2 aliphatic heterocycles. The molecule has 2 saturated heterocycles. The molecule has 41 heavy (non-hydrogen) atoms. The minimum Gasteiger partial charge on any atom is -0.491 e. The van der Waals surface area contributed by atoms with Crippen molar-refractivity contribution in [3.05, 3.63) is 48.5 Å². The summed E-state index contributed by atoms with van der Waals surface area (Å²) in [7, 11) is 0. The number of hydrogen-bond donors (Lipinski definition) is 3. The van der Waals surface area contributed by atoms with Gasteiger partial charge in [-0.1, -0.05) is 19.8 Å². The Kier molecular flexibility index (Phi) is 10.6. The Morgan fingerprint density at radius 1 is 0.780 bits per heavy atom. The number of anilines is 1. The SMILES string of the molecule is CCCCN1CCN(c2ccc(OC[C@H]3O[C@H](O)[C@H](Oc4ccc(OC5CCCCC5)cc4)[C@@H](O)[C@@H]3O)cc2)CC1. The van der Waals surface area contributed by atoms with Crippen LogP contribution in [0.15, 0.2) is 48.5 Å². The van der Waals surface area contributed by atoms with E-state index in [-0.39, 0.29) is 12.7 Å². The standard InChI is InChI=1S/C32H46N2O7/c1-2-3-17-33-18-20-34(21-19-33)23-9-11-24(12-10-23)38-22-28-29(35)30(36)31(32(37)41-28)40-27-15-13-26(14-16-27)39-25-7-5-4-6-8-25/h9-16,25,28-32,35-37H,2-8,17-22H2,1H3/t28-,29-,30+,31-,32+/m1/s1. The van der Waals surface area contributed by atoms with Crippen LogP contribution in [-0.2, 0) is 4.74 Å². The van der Waals surface area contributed by atoms with Gasteiger partial charge in [0.2, 0.25) is 0 Å². The Labute approximate surface area is 243 Å². The maximum absolute atomic E-state index is 10.8. The maximum atomic E-state index is 10.8. The van der Waals surface area contributed by atoms with Gasteiger partial charge in [0, 0.05) is 31.9 Å². The zero-order chi connectivity index (χ0) is 28.6. The summed E-state index contributed by atoms with van der Waals surface area (Å²) in [5.74, 6) is 1.83. The fraction of sp³-hybridized carbons (Fsp3) is 0.625. The molecule has 2 heterocycles. The van der Waals surface area contributed by atoms with Crippen LogP contribution in [0, 0.1) is 0 Å². The van der Waals surface area contributed by atoms with Crippen LogP contribution in [-0.4, -0.2) is 96.4 Å². The summed E-state index contributed by atoms with van der Waals surface area (Å²) in [5.41, 5.74) is 1.15. The van der Waals surface area contributed by atoms with Crippen molar-refractivity contribution in [3.63, 3.8) is 0 Å². The molecule has 1 saturated carbocycles. The first-order valence-corrected chi connectivity index (χ1v) is 15.3. The summed E-state index contributed by atoms with van der Waals surface area (Å²) in [6.45, 7) is 7.53. The lowest BCUT2D eigenvalue weighted by molar-refractivity contribution is -0.279. The highest BCUT2D eigenvalue weighted by Crippen LogP contribution is 2.29. The fourth-order valence-electron chi connectivity index (χ4n) is 5.86. The molecule has 0 bridgehead atoms. The molecule has 2 aromatic rings. The molecule has 0 unspecified atom stereocenters. The normalized spacial score (nSPS) is 27.9. The lowest BCUT2D eigenvalue weighted by Crippen LogP contribution is -2.60. The number of ether oxygens (including phenoxy) is 4.